The van der Waals surface area contributed by atoms with E-state index in [0.717, 1.165) is 18.2 Å². The van der Waals surface area contributed by atoms with Crippen molar-refractivity contribution in [1.82, 2.24) is 4.31 Å². The van der Waals surface area contributed by atoms with Crippen LogP contribution in [-0.2, 0) is 10.0 Å². The summed E-state index contributed by atoms with van der Waals surface area (Å²) in [6.45, 7) is 1.27. The SMILES string of the molecule is CC(C)CN(CC(F)(F)F)S(=O)(=O)c1ccc(F)c(Cl)c1. The zero-order valence-electron chi connectivity index (χ0n) is 11.3. The molecule has 3 nitrogen and oxygen atoms in total. The Morgan fingerprint density at radius 1 is 1.29 bits per heavy atom. The highest BCUT2D eigenvalue weighted by molar-refractivity contribution is 7.89. The minimum Gasteiger partial charge on any atom is -0.207 e. The number of sulfonamides is 1. The second-order valence-electron chi connectivity index (χ2n) is 4.88. The summed E-state index contributed by atoms with van der Waals surface area (Å²) in [6.07, 6.45) is -4.67. The van der Waals surface area contributed by atoms with Crippen molar-refractivity contribution in [2.24, 2.45) is 5.92 Å². The van der Waals surface area contributed by atoms with Crippen molar-refractivity contribution in [1.29, 1.82) is 0 Å². The normalized spacial score (nSPS) is 13.2. The van der Waals surface area contributed by atoms with Gasteiger partial charge in [-0.25, -0.2) is 12.8 Å². The number of nitrogens with zero attached hydrogens (tertiary/aromatic N) is 1. The molecular weight excluding hydrogens is 334 g/mol. The maximum atomic E-state index is 13.0. The molecule has 0 heterocycles. The third-order valence-corrected chi connectivity index (χ3v) is 4.55. The number of halogens is 5. The first-order chi connectivity index (χ1) is 9.43. The van der Waals surface area contributed by atoms with Crippen LogP contribution in [0.1, 0.15) is 13.8 Å². The van der Waals surface area contributed by atoms with Crippen molar-refractivity contribution in [2.75, 3.05) is 13.1 Å². The van der Waals surface area contributed by atoms with Crippen LogP contribution < -0.4 is 0 Å². The van der Waals surface area contributed by atoms with Gasteiger partial charge in [-0.05, 0) is 24.1 Å². The van der Waals surface area contributed by atoms with Crippen LogP contribution in [0.4, 0.5) is 17.6 Å². The summed E-state index contributed by atoms with van der Waals surface area (Å²) in [6, 6.07) is 2.49. The van der Waals surface area contributed by atoms with Crippen LogP contribution in [0.25, 0.3) is 0 Å². The quantitative estimate of drug-likeness (QED) is 0.762. The molecule has 0 saturated heterocycles. The standard InChI is InChI=1S/C12H14ClF4NO2S/c1-8(2)6-18(7-12(15,16)17)21(19,20)9-3-4-11(14)10(13)5-9/h3-5,8H,6-7H2,1-2H3. The fourth-order valence-electron chi connectivity index (χ4n) is 1.64. The van der Waals surface area contributed by atoms with E-state index in [9.17, 15) is 26.0 Å². The molecular formula is C12H14ClF4NO2S. The van der Waals surface area contributed by atoms with E-state index in [-0.39, 0.29) is 12.5 Å². The first-order valence-corrected chi connectivity index (χ1v) is 7.77. The Kier molecular flexibility index (Phi) is 5.63. The van der Waals surface area contributed by atoms with E-state index >= 15 is 0 Å². The molecule has 0 radical (unpaired) electrons. The predicted molar refractivity (Wildman–Crippen MR) is 71.1 cm³/mol. The molecule has 0 N–H and O–H groups in total. The summed E-state index contributed by atoms with van der Waals surface area (Å²) in [5, 5.41) is -0.465. The van der Waals surface area contributed by atoms with Crippen LogP contribution in [0.2, 0.25) is 5.02 Å². The fraction of sp³-hybridized carbons (Fsp3) is 0.500. The van der Waals surface area contributed by atoms with Crippen molar-refractivity contribution >= 4 is 21.6 Å². The molecule has 0 amide bonds. The van der Waals surface area contributed by atoms with Gasteiger partial charge in [-0.2, -0.15) is 17.5 Å². The van der Waals surface area contributed by atoms with Gasteiger partial charge < -0.3 is 0 Å². The van der Waals surface area contributed by atoms with Crippen molar-refractivity contribution in [2.45, 2.75) is 24.9 Å². The van der Waals surface area contributed by atoms with E-state index in [1.165, 1.54) is 0 Å². The molecule has 0 aliphatic heterocycles. The summed E-state index contributed by atoms with van der Waals surface area (Å²) in [4.78, 5) is -0.473. The van der Waals surface area contributed by atoms with Crippen LogP contribution in [0.15, 0.2) is 23.1 Å². The van der Waals surface area contributed by atoms with Crippen LogP contribution >= 0.6 is 11.6 Å². The molecule has 0 spiro atoms. The van der Waals surface area contributed by atoms with Gasteiger partial charge in [-0.3, -0.25) is 0 Å². The van der Waals surface area contributed by atoms with Gasteiger partial charge in [-0.15, -0.1) is 0 Å². The zero-order valence-corrected chi connectivity index (χ0v) is 12.9. The predicted octanol–water partition coefficient (Wildman–Crippen LogP) is 3.69. The minimum absolute atomic E-state index is 0.307. The van der Waals surface area contributed by atoms with Crippen LogP contribution in [0, 0.1) is 11.7 Å². The molecule has 0 atom stereocenters. The number of benzene rings is 1. The lowest BCUT2D eigenvalue weighted by Crippen LogP contribution is -2.41. The third kappa shape index (κ3) is 5.12. The smallest absolute Gasteiger partial charge is 0.207 e. The second-order valence-corrected chi connectivity index (χ2v) is 7.23. The summed E-state index contributed by atoms with van der Waals surface area (Å²) >= 11 is 5.48. The minimum atomic E-state index is -4.67. The Hall–Kier alpha value is -0.860. The largest absolute Gasteiger partial charge is 0.402 e. The lowest BCUT2D eigenvalue weighted by molar-refractivity contribution is -0.136. The lowest BCUT2D eigenvalue weighted by Gasteiger charge is -2.25. The molecule has 0 fully saturated rings. The van der Waals surface area contributed by atoms with Gasteiger partial charge in [0.25, 0.3) is 0 Å². The molecule has 120 valence electrons. The zero-order chi connectivity index (χ0) is 16.4. The lowest BCUT2D eigenvalue weighted by atomic mass is 10.2. The van der Waals surface area contributed by atoms with Gasteiger partial charge in [0.1, 0.15) is 12.4 Å². The number of hydrogen-bond donors (Lipinski definition) is 0. The Balaban J connectivity index is 3.22. The summed E-state index contributed by atoms with van der Waals surface area (Å²) in [5.41, 5.74) is 0. The van der Waals surface area contributed by atoms with E-state index in [4.69, 9.17) is 11.6 Å². The Labute approximate surface area is 125 Å². The molecule has 0 saturated carbocycles. The van der Waals surface area contributed by atoms with Gasteiger partial charge >= 0.3 is 6.18 Å². The fourth-order valence-corrected chi connectivity index (χ4v) is 3.50. The van der Waals surface area contributed by atoms with E-state index in [1.807, 2.05) is 0 Å². The molecule has 0 aromatic heterocycles. The summed E-state index contributed by atoms with van der Waals surface area (Å²) < 4.78 is 75.5. The first kappa shape index (κ1) is 18.2. The highest BCUT2D eigenvalue weighted by Crippen LogP contribution is 2.26. The Morgan fingerprint density at radius 3 is 2.29 bits per heavy atom. The maximum absolute atomic E-state index is 13.0. The first-order valence-electron chi connectivity index (χ1n) is 5.95. The molecule has 0 bridgehead atoms. The molecule has 0 aliphatic rings. The number of hydrogen-bond acceptors (Lipinski definition) is 2. The van der Waals surface area contributed by atoms with Crippen molar-refractivity contribution < 1.29 is 26.0 Å². The molecule has 21 heavy (non-hydrogen) atoms. The average molecular weight is 348 g/mol. The molecule has 0 unspecified atom stereocenters. The van der Waals surface area contributed by atoms with Crippen LogP contribution in [-0.4, -0.2) is 32.0 Å². The van der Waals surface area contributed by atoms with Crippen molar-refractivity contribution in [3.63, 3.8) is 0 Å². The van der Waals surface area contributed by atoms with E-state index in [1.54, 1.807) is 13.8 Å². The van der Waals surface area contributed by atoms with Crippen molar-refractivity contribution in [3.8, 4) is 0 Å². The molecule has 0 aliphatic carbocycles. The van der Waals surface area contributed by atoms with Gasteiger partial charge in [-0.1, -0.05) is 25.4 Å². The van der Waals surface area contributed by atoms with E-state index in [2.05, 4.69) is 0 Å². The highest BCUT2D eigenvalue weighted by atomic mass is 35.5. The number of rotatable bonds is 5. The van der Waals surface area contributed by atoms with E-state index < -0.39 is 38.5 Å². The molecule has 1 rings (SSSR count). The highest BCUT2D eigenvalue weighted by Gasteiger charge is 2.37. The monoisotopic (exact) mass is 347 g/mol. The molecule has 9 heteroatoms. The third-order valence-electron chi connectivity index (χ3n) is 2.45. The average Bonchev–Trinajstić information content (AvgIpc) is 2.29. The van der Waals surface area contributed by atoms with E-state index in [0.29, 0.717) is 4.31 Å². The summed E-state index contributed by atoms with van der Waals surface area (Å²) in [5.74, 6) is -1.15. The summed E-state index contributed by atoms with van der Waals surface area (Å²) in [7, 11) is -4.41. The Morgan fingerprint density at radius 2 is 1.86 bits per heavy atom. The van der Waals surface area contributed by atoms with Gasteiger partial charge in [0.05, 0.1) is 9.92 Å². The second kappa shape index (κ2) is 6.50. The molecule has 1 aromatic carbocycles. The Bertz CT molecular complexity index is 602. The van der Waals surface area contributed by atoms with Gasteiger partial charge in [0.2, 0.25) is 10.0 Å². The van der Waals surface area contributed by atoms with Crippen molar-refractivity contribution in [3.05, 3.63) is 29.0 Å². The van der Waals surface area contributed by atoms with Crippen LogP contribution in [0.3, 0.4) is 0 Å². The van der Waals surface area contributed by atoms with Gasteiger partial charge in [0.15, 0.2) is 0 Å². The topological polar surface area (TPSA) is 37.4 Å². The van der Waals surface area contributed by atoms with Gasteiger partial charge in [0, 0.05) is 6.54 Å². The van der Waals surface area contributed by atoms with Crippen LogP contribution in [0.5, 0.6) is 0 Å². The number of alkyl halides is 3. The maximum Gasteiger partial charge on any atom is 0.402 e. The molecule has 1 aromatic rings.